The van der Waals surface area contributed by atoms with Gasteiger partial charge in [-0.25, -0.2) is 4.98 Å². The van der Waals surface area contributed by atoms with Gasteiger partial charge in [0.2, 0.25) is 65.0 Å². The van der Waals surface area contributed by atoms with Crippen LogP contribution in [0, 0.1) is 5.92 Å². The Morgan fingerprint density at radius 2 is 1.18 bits per heavy atom. The molecule has 0 spiro atoms. The number of aliphatic hydroxyl groups is 1. The molecule has 3 aromatic heterocycles. The predicted octanol–water partition coefficient (Wildman–Crippen LogP) is -1.63. The van der Waals surface area contributed by atoms with E-state index in [1.54, 1.807) is 42.7 Å². The molecule has 6 aromatic rings. The molecule has 0 radical (unpaired) electrons. The summed E-state index contributed by atoms with van der Waals surface area (Å²) in [5.41, 5.74) is 8.77. The summed E-state index contributed by atoms with van der Waals surface area (Å²) in [4.78, 5) is 174. The van der Waals surface area contributed by atoms with Crippen molar-refractivity contribution in [3.05, 3.63) is 120 Å². The second kappa shape index (κ2) is 32.7. The first-order valence-corrected chi connectivity index (χ1v) is 29.9. The van der Waals surface area contributed by atoms with Crippen molar-refractivity contribution in [2.24, 2.45) is 11.7 Å². The van der Waals surface area contributed by atoms with Gasteiger partial charge in [-0.05, 0) is 72.6 Å². The van der Waals surface area contributed by atoms with E-state index in [9.17, 15) is 63.0 Å². The number of carbonyl (C=O) groups excluding carboxylic acids is 11. The second-order valence-electron chi connectivity index (χ2n) is 22.8. The zero-order valence-electron chi connectivity index (χ0n) is 50.8. The van der Waals surface area contributed by atoms with E-state index in [1.165, 1.54) is 41.7 Å². The Hall–Kier alpha value is -10.6. The van der Waals surface area contributed by atoms with E-state index in [0.29, 0.717) is 46.1 Å². The summed E-state index contributed by atoms with van der Waals surface area (Å²) in [6.45, 7) is 2.78. The molecule has 3 aromatic carbocycles. The van der Waals surface area contributed by atoms with E-state index in [4.69, 9.17) is 15.6 Å². The van der Waals surface area contributed by atoms with Crippen LogP contribution in [0.4, 0.5) is 0 Å². The number of fused-ring (bicyclic) bond motifs is 2. The summed E-state index contributed by atoms with van der Waals surface area (Å²) < 4.78 is 0. The van der Waals surface area contributed by atoms with Crippen LogP contribution in [0.25, 0.3) is 21.8 Å². The van der Waals surface area contributed by atoms with Gasteiger partial charge in [0.25, 0.3) is 5.97 Å². The molecule has 30 heteroatoms. The highest BCUT2D eigenvalue weighted by Crippen LogP contribution is 2.24. The number of para-hydroxylation sites is 2. The van der Waals surface area contributed by atoms with E-state index in [-0.39, 0.29) is 69.1 Å². The molecular formula is C62H77N15O15. The van der Waals surface area contributed by atoms with Gasteiger partial charge >= 0.3 is 0 Å². The highest BCUT2D eigenvalue weighted by Gasteiger charge is 2.40. The van der Waals surface area contributed by atoms with Gasteiger partial charge in [0.15, 0.2) is 0 Å². The summed E-state index contributed by atoms with van der Waals surface area (Å²) in [6.07, 6.45) is 6.76. The first-order chi connectivity index (χ1) is 44.0. The van der Waals surface area contributed by atoms with Crippen LogP contribution in [0.3, 0.4) is 0 Å². The fourth-order valence-corrected chi connectivity index (χ4v) is 10.8. The molecule has 0 bridgehead atoms. The number of H-pyrrole nitrogens is 3. The number of phenolic OH excluding ortho intramolecular Hbond substituents is 1. The molecule has 0 aliphatic carbocycles. The molecule has 8 rings (SSSR count). The lowest BCUT2D eigenvalue weighted by Crippen LogP contribution is -2.60. The molecule has 11 amide bonds. The molecule has 2 fully saturated rings. The highest BCUT2D eigenvalue weighted by molar-refractivity contribution is 5.99. The van der Waals surface area contributed by atoms with Gasteiger partial charge in [-0.1, -0.05) is 62.4 Å². The maximum Gasteiger partial charge on any atom is 0.300 e. The Morgan fingerprint density at radius 3 is 1.73 bits per heavy atom. The van der Waals surface area contributed by atoms with Gasteiger partial charge in [0.05, 0.1) is 26.0 Å². The number of carboxylic acids is 1. The molecule has 2 aliphatic rings. The molecule has 92 heavy (non-hydrogen) atoms. The number of aliphatic hydroxyl groups excluding tert-OH is 1. The summed E-state index contributed by atoms with van der Waals surface area (Å²) >= 11 is 0. The van der Waals surface area contributed by atoms with Crippen LogP contribution >= 0.6 is 0 Å². The monoisotopic (exact) mass is 1270 g/mol. The van der Waals surface area contributed by atoms with Gasteiger partial charge in [-0.2, -0.15) is 0 Å². The average Bonchev–Trinajstić information content (AvgIpc) is 1.68. The molecule has 490 valence electrons. The van der Waals surface area contributed by atoms with E-state index >= 15 is 0 Å². The molecule has 8 unspecified atom stereocenters. The summed E-state index contributed by atoms with van der Waals surface area (Å²) in [7, 11) is 0. The number of imidazole rings is 1. The van der Waals surface area contributed by atoms with Gasteiger partial charge in [-0.3, -0.25) is 57.5 Å². The Kier molecular flexibility index (Phi) is 24.5. The van der Waals surface area contributed by atoms with Crippen molar-refractivity contribution in [3.63, 3.8) is 0 Å². The summed E-state index contributed by atoms with van der Waals surface area (Å²) in [5.74, 6) is -9.29. The Labute approximate surface area is 527 Å². The minimum absolute atomic E-state index is 0.0935. The number of nitrogens with two attached hydrogens (primary N) is 1. The number of aromatic amines is 3. The number of aromatic hydroxyl groups is 1. The van der Waals surface area contributed by atoms with E-state index in [0.717, 1.165) is 17.8 Å². The number of nitrogens with one attached hydrogen (secondary N) is 12. The molecule has 2 aliphatic heterocycles. The number of amides is 11. The number of benzene rings is 3. The number of phenols is 1. The van der Waals surface area contributed by atoms with Crippen LogP contribution in [-0.4, -0.2) is 186 Å². The SMILES string of the molecule is CC(=O)O.CC(C)CC(NC(=O)C(Cc1c[nH]c2ccccc12)NC(=O)CNC(=O)C(Cc1ccc(O)cc1)NC(=O)C(CO)NC(=O)C(Cc1c[nH]c2ccccc12)NC(=O)C(Cc1cnc[nH]1)NC(=O)C1CCC(=O)N1)C(=O)N1CCCC1C(=O)NCC(N)=O. The molecule has 8 atom stereocenters. The molecular weight excluding hydrogens is 1190 g/mol. The number of primary amides is 1. The third kappa shape index (κ3) is 19.7. The number of aliphatic carboxylic acids is 1. The second-order valence-corrected chi connectivity index (χ2v) is 22.8. The van der Waals surface area contributed by atoms with Gasteiger partial charge < -0.3 is 88.8 Å². The van der Waals surface area contributed by atoms with Crippen molar-refractivity contribution in [2.45, 2.75) is 127 Å². The maximum atomic E-state index is 14.5. The number of aromatic nitrogens is 4. The maximum absolute atomic E-state index is 14.5. The predicted molar refractivity (Wildman–Crippen MR) is 331 cm³/mol. The largest absolute Gasteiger partial charge is 0.508 e. The van der Waals surface area contributed by atoms with Gasteiger partial charge in [0.1, 0.15) is 54.1 Å². The lowest BCUT2D eigenvalue weighted by molar-refractivity contribution is -0.142. The van der Waals surface area contributed by atoms with Crippen molar-refractivity contribution in [2.75, 3.05) is 26.2 Å². The van der Waals surface area contributed by atoms with Crippen molar-refractivity contribution in [1.29, 1.82) is 0 Å². The minimum Gasteiger partial charge on any atom is -0.508 e. The van der Waals surface area contributed by atoms with Gasteiger partial charge in [-0.15, -0.1) is 0 Å². The number of carboxylic acid groups (broad SMARTS) is 1. The number of hydrogen-bond acceptors (Lipinski definition) is 15. The molecule has 17 N–H and O–H groups in total. The third-order valence-electron chi connectivity index (χ3n) is 15.3. The summed E-state index contributed by atoms with van der Waals surface area (Å²) in [5, 5.41) is 53.1. The van der Waals surface area contributed by atoms with Crippen LogP contribution in [-0.2, 0) is 83.2 Å². The number of nitrogens with zero attached hydrogens (tertiary/aromatic N) is 2. The smallest absolute Gasteiger partial charge is 0.300 e. The Morgan fingerprint density at radius 1 is 0.641 bits per heavy atom. The zero-order chi connectivity index (χ0) is 66.6. The van der Waals surface area contributed by atoms with E-state index < -0.39 is 133 Å². The third-order valence-corrected chi connectivity index (χ3v) is 15.3. The van der Waals surface area contributed by atoms with Gasteiger partial charge in [0, 0.05) is 91.7 Å². The van der Waals surface area contributed by atoms with Crippen LogP contribution < -0.4 is 53.6 Å². The van der Waals surface area contributed by atoms with E-state index in [1.807, 2.05) is 32.0 Å². The quantitative estimate of drug-likeness (QED) is 0.0251. The number of rotatable bonds is 29. The fourth-order valence-electron chi connectivity index (χ4n) is 10.8. The molecule has 2 saturated heterocycles. The minimum atomic E-state index is -1.76. The fraction of sp³-hybridized carbons (Fsp3) is 0.403. The van der Waals surface area contributed by atoms with Crippen LogP contribution in [0.2, 0.25) is 0 Å². The van der Waals surface area contributed by atoms with Crippen LogP contribution in [0.15, 0.2) is 97.7 Å². The summed E-state index contributed by atoms with van der Waals surface area (Å²) in [6, 6.07) is 9.70. The topological polar surface area (TPSA) is 463 Å². The molecule has 30 nitrogen and oxygen atoms in total. The number of hydrogen-bond donors (Lipinski definition) is 16. The zero-order valence-corrected chi connectivity index (χ0v) is 50.8. The number of likely N-dealkylation sites (tertiary alicyclic amines) is 1. The van der Waals surface area contributed by atoms with Crippen molar-refractivity contribution in [1.82, 2.24) is 72.7 Å². The molecule has 0 saturated carbocycles. The molecule has 5 heterocycles. The first-order valence-electron chi connectivity index (χ1n) is 29.9. The van der Waals surface area contributed by atoms with Crippen molar-refractivity contribution < 1.29 is 72.9 Å². The standard InChI is InChI=1S/C60H73N15O13.C2H4O2/c1-32(2)20-47(60(88)75-19-7-12-49(75)59(87)65-28-50(61)78)73-55(83)44(22-34-25-63-40-10-5-3-8-38(34)40)69-52(80)29-66-53(81)43(21-33-13-15-37(77)16-14-33)70-58(86)48(30-76)74-56(84)45(23-35-26-64-41-11-6-4-9-39(35)41)71-57(85)46(24-36-27-62-31-67-36)72-54(82)42-17-18-51(79)68-42;1-2(3)4/h3-6,8-11,13-16,25-27,31-32,42-49,63-64,76-77H,7,12,17-24,28-30H2,1-2H3,(H2,61,78)(H,62,67)(H,65,87)(H,66,81)(H,68,79)(H,69,80)(H,70,86)(H,71,85)(H,72,82)(H,73,83)(H,74,84);1H3,(H,3,4). The first kappa shape index (κ1) is 68.8. The highest BCUT2D eigenvalue weighted by atomic mass is 16.4. The normalized spacial score (nSPS) is 16.3. The van der Waals surface area contributed by atoms with E-state index in [2.05, 4.69) is 67.8 Å². The Bertz CT molecular complexity index is 3620. The number of carbonyl (C=O) groups is 12. The average molecular weight is 1270 g/mol. The lowest BCUT2D eigenvalue weighted by atomic mass is 10.00. The van der Waals surface area contributed by atoms with Crippen LogP contribution in [0.1, 0.15) is 75.3 Å². The lowest BCUT2D eigenvalue weighted by Gasteiger charge is -2.30. The van der Waals surface area contributed by atoms with Crippen molar-refractivity contribution >= 4 is 92.8 Å². The Balaban J connectivity index is 0.00000291. The van der Waals surface area contributed by atoms with Crippen LogP contribution in [0.5, 0.6) is 5.75 Å². The van der Waals surface area contributed by atoms with Crippen molar-refractivity contribution in [3.8, 4) is 5.75 Å².